The van der Waals surface area contributed by atoms with Gasteiger partial charge in [0.15, 0.2) is 5.82 Å². The van der Waals surface area contributed by atoms with Crippen molar-refractivity contribution in [3.63, 3.8) is 0 Å². The standard InChI is InChI=1S/C14H12ClN5/c1-9-4-5-11(8-10(9)2)12-17-13(15)19-14(18-12)20-7-3-6-16-20/h3-8H,1-2H3. The van der Waals surface area contributed by atoms with Crippen LogP contribution in [-0.2, 0) is 0 Å². The molecule has 0 saturated carbocycles. The van der Waals surface area contributed by atoms with E-state index >= 15 is 0 Å². The van der Waals surface area contributed by atoms with Crippen molar-refractivity contribution in [2.24, 2.45) is 0 Å². The molecule has 0 amide bonds. The number of halogens is 1. The van der Waals surface area contributed by atoms with Crippen LogP contribution in [0.5, 0.6) is 0 Å². The molecule has 2 aromatic heterocycles. The summed E-state index contributed by atoms with van der Waals surface area (Å²) < 4.78 is 1.55. The summed E-state index contributed by atoms with van der Waals surface area (Å²) in [6.07, 6.45) is 3.42. The lowest BCUT2D eigenvalue weighted by Crippen LogP contribution is -2.05. The molecular weight excluding hydrogens is 274 g/mol. The van der Waals surface area contributed by atoms with E-state index in [1.165, 1.54) is 11.1 Å². The number of hydrogen-bond donors (Lipinski definition) is 0. The van der Waals surface area contributed by atoms with Crippen molar-refractivity contribution in [2.45, 2.75) is 13.8 Å². The zero-order valence-corrected chi connectivity index (χ0v) is 11.8. The van der Waals surface area contributed by atoms with Gasteiger partial charge in [-0.05, 0) is 48.7 Å². The second-order valence-electron chi connectivity index (χ2n) is 4.48. The average molecular weight is 286 g/mol. The van der Waals surface area contributed by atoms with Gasteiger partial charge in [0.05, 0.1) is 0 Å². The molecule has 5 nitrogen and oxygen atoms in total. The SMILES string of the molecule is Cc1ccc(-c2nc(Cl)nc(-n3cccn3)n2)cc1C. The Bertz CT molecular complexity index is 752. The van der Waals surface area contributed by atoms with Crippen LogP contribution in [0.3, 0.4) is 0 Å². The average Bonchev–Trinajstić information content (AvgIpc) is 2.95. The fourth-order valence-electron chi connectivity index (χ4n) is 1.84. The lowest BCUT2D eigenvalue weighted by molar-refractivity contribution is 0.798. The third-order valence-electron chi connectivity index (χ3n) is 3.07. The van der Waals surface area contributed by atoms with E-state index < -0.39 is 0 Å². The first kappa shape index (κ1) is 12.7. The van der Waals surface area contributed by atoms with Crippen LogP contribution in [0.25, 0.3) is 17.3 Å². The van der Waals surface area contributed by atoms with Crippen molar-refractivity contribution in [1.29, 1.82) is 0 Å². The number of aryl methyl sites for hydroxylation is 2. The lowest BCUT2D eigenvalue weighted by atomic mass is 10.1. The number of benzene rings is 1. The second-order valence-corrected chi connectivity index (χ2v) is 4.82. The summed E-state index contributed by atoms with van der Waals surface area (Å²) in [5.41, 5.74) is 3.31. The molecule has 0 aliphatic carbocycles. The third-order valence-corrected chi connectivity index (χ3v) is 3.24. The predicted octanol–water partition coefficient (Wildman–Crippen LogP) is 2.99. The molecule has 2 heterocycles. The van der Waals surface area contributed by atoms with Crippen LogP contribution < -0.4 is 0 Å². The van der Waals surface area contributed by atoms with Gasteiger partial charge in [-0.3, -0.25) is 0 Å². The van der Waals surface area contributed by atoms with Gasteiger partial charge in [0.25, 0.3) is 5.95 Å². The third kappa shape index (κ3) is 2.40. The predicted molar refractivity (Wildman–Crippen MR) is 76.9 cm³/mol. The monoisotopic (exact) mass is 285 g/mol. The van der Waals surface area contributed by atoms with Gasteiger partial charge in [-0.1, -0.05) is 12.1 Å². The first-order valence-electron chi connectivity index (χ1n) is 6.13. The molecule has 0 saturated heterocycles. The molecule has 0 atom stereocenters. The summed E-state index contributed by atoms with van der Waals surface area (Å²) in [6.45, 7) is 4.12. The Hall–Kier alpha value is -2.27. The van der Waals surface area contributed by atoms with Crippen LogP contribution in [0.2, 0.25) is 5.28 Å². The highest BCUT2D eigenvalue weighted by molar-refractivity contribution is 6.28. The number of aromatic nitrogens is 5. The minimum absolute atomic E-state index is 0.152. The Morgan fingerprint density at radius 1 is 1.05 bits per heavy atom. The van der Waals surface area contributed by atoms with Crippen molar-refractivity contribution in [1.82, 2.24) is 24.7 Å². The molecule has 0 spiro atoms. The van der Waals surface area contributed by atoms with Gasteiger partial charge in [0.1, 0.15) is 0 Å². The van der Waals surface area contributed by atoms with Gasteiger partial charge in [0, 0.05) is 18.0 Å². The fraction of sp³-hybridized carbons (Fsp3) is 0.143. The van der Waals surface area contributed by atoms with Crippen LogP contribution >= 0.6 is 11.6 Å². The maximum absolute atomic E-state index is 5.98. The quantitative estimate of drug-likeness (QED) is 0.726. The molecule has 6 heteroatoms. The largest absolute Gasteiger partial charge is 0.255 e. The highest BCUT2D eigenvalue weighted by Crippen LogP contribution is 2.20. The first-order valence-corrected chi connectivity index (χ1v) is 6.50. The molecular formula is C14H12ClN5. The summed E-state index contributed by atoms with van der Waals surface area (Å²) in [7, 11) is 0. The fourth-order valence-corrected chi connectivity index (χ4v) is 1.99. The van der Waals surface area contributed by atoms with Crippen LogP contribution in [0.1, 0.15) is 11.1 Å². The van der Waals surface area contributed by atoms with Crippen LogP contribution in [0, 0.1) is 13.8 Å². The van der Waals surface area contributed by atoms with Crippen LogP contribution in [0.4, 0.5) is 0 Å². The van der Waals surface area contributed by atoms with E-state index in [9.17, 15) is 0 Å². The Kier molecular flexibility index (Phi) is 3.20. The molecule has 20 heavy (non-hydrogen) atoms. The topological polar surface area (TPSA) is 56.5 Å². The van der Waals surface area contributed by atoms with Gasteiger partial charge >= 0.3 is 0 Å². The van der Waals surface area contributed by atoms with Gasteiger partial charge in [-0.15, -0.1) is 0 Å². The molecule has 100 valence electrons. The minimum atomic E-state index is 0.152. The van der Waals surface area contributed by atoms with Crippen molar-refractivity contribution in [3.05, 3.63) is 53.1 Å². The van der Waals surface area contributed by atoms with Gasteiger partial charge in [-0.25, -0.2) is 4.68 Å². The number of hydrogen-bond acceptors (Lipinski definition) is 4. The van der Waals surface area contributed by atoms with Gasteiger partial charge in [0.2, 0.25) is 5.28 Å². The Balaban J connectivity index is 2.12. The molecule has 1 aromatic carbocycles. The summed E-state index contributed by atoms with van der Waals surface area (Å²) in [5.74, 6) is 0.946. The van der Waals surface area contributed by atoms with Crippen molar-refractivity contribution >= 4 is 11.6 Å². The summed E-state index contributed by atoms with van der Waals surface area (Å²) >= 11 is 5.98. The zero-order chi connectivity index (χ0) is 14.1. The van der Waals surface area contributed by atoms with E-state index in [1.54, 1.807) is 23.1 Å². The summed E-state index contributed by atoms with van der Waals surface area (Å²) in [4.78, 5) is 12.7. The molecule has 0 fully saturated rings. The minimum Gasteiger partial charge on any atom is -0.206 e. The Morgan fingerprint density at radius 3 is 2.60 bits per heavy atom. The van der Waals surface area contributed by atoms with Gasteiger partial charge in [-0.2, -0.15) is 20.1 Å². The first-order chi connectivity index (χ1) is 9.63. The maximum atomic E-state index is 5.98. The maximum Gasteiger partial charge on any atom is 0.255 e. The zero-order valence-electron chi connectivity index (χ0n) is 11.1. The van der Waals surface area contributed by atoms with E-state index in [-0.39, 0.29) is 5.28 Å². The molecule has 0 radical (unpaired) electrons. The van der Waals surface area contributed by atoms with Crippen molar-refractivity contribution < 1.29 is 0 Å². The molecule has 0 N–H and O–H groups in total. The smallest absolute Gasteiger partial charge is 0.206 e. The van der Waals surface area contributed by atoms with Crippen molar-refractivity contribution in [3.8, 4) is 17.3 Å². The molecule has 0 aliphatic heterocycles. The second kappa shape index (κ2) is 5.02. The summed E-state index contributed by atoms with van der Waals surface area (Å²) in [5, 5.41) is 4.25. The molecule has 0 bridgehead atoms. The normalized spacial score (nSPS) is 10.8. The molecule has 0 unspecified atom stereocenters. The van der Waals surface area contributed by atoms with Crippen LogP contribution in [-0.4, -0.2) is 24.7 Å². The molecule has 3 rings (SSSR count). The van der Waals surface area contributed by atoms with E-state index in [1.807, 2.05) is 18.2 Å². The van der Waals surface area contributed by atoms with E-state index in [2.05, 4.69) is 33.9 Å². The Morgan fingerprint density at radius 2 is 1.90 bits per heavy atom. The number of rotatable bonds is 2. The lowest BCUT2D eigenvalue weighted by Gasteiger charge is -2.06. The van der Waals surface area contributed by atoms with E-state index in [0.717, 1.165) is 5.56 Å². The number of nitrogens with zero attached hydrogens (tertiary/aromatic N) is 5. The van der Waals surface area contributed by atoms with Gasteiger partial charge < -0.3 is 0 Å². The van der Waals surface area contributed by atoms with Crippen LogP contribution in [0.15, 0.2) is 36.7 Å². The highest BCUT2D eigenvalue weighted by atomic mass is 35.5. The van der Waals surface area contributed by atoms with Crippen molar-refractivity contribution in [2.75, 3.05) is 0 Å². The molecule has 3 aromatic rings. The summed E-state index contributed by atoms with van der Waals surface area (Å²) in [6, 6.07) is 7.85. The molecule has 0 aliphatic rings. The Labute approximate surface area is 121 Å². The van der Waals surface area contributed by atoms with E-state index in [4.69, 9.17) is 11.6 Å². The highest BCUT2D eigenvalue weighted by Gasteiger charge is 2.09. The van der Waals surface area contributed by atoms with E-state index in [0.29, 0.717) is 11.8 Å².